The molecule has 3 fully saturated rings. The zero-order chi connectivity index (χ0) is 26.9. The highest BCUT2D eigenvalue weighted by Crippen LogP contribution is 2.65. The van der Waals surface area contributed by atoms with Gasteiger partial charge in [-0.2, -0.15) is 0 Å². The minimum Gasteiger partial charge on any atom is -0.494 e. The first-order chi connectivity index (χ1) is 18.2. The van der Waals surface area contributed by atoms with E-state index < -0.39 is 0 Å². The molecular formula is C33H48N2O3. The third kappa shape index (κ3) is 5.21. The molecule has 3 saturated carbocycles. The number of ether oxygens (including phenoxy) is 1. The third-order valence-corrected chi connectivity index (χ3v) is 10.5. The van der Waals surface area contributed by atoms with Gasteiger partial charge in [0.05, 0.1) is 25.2 Å². The second-order valence-corrected chi connectivity index (χ2v) is 12.9. The number of rotatable bonds is 8. The molecule has 0 amide bonds. The van der Waals surface area contributed by atoms with E-state index in [1.54, 1.807) is 0 Å². The second-order valence-electron chi connectivity index (χ2n) is 12.9. The number of aliphatic imine (C=N–C) groups is 1. The number of hydrogen-bond donors (Lipinski definition) is 2. The largest absolute Gasteiger partial charge is 0.494 e. The van der Waals surface area contributed by atoms with Crippen molar-refractivity contribution in [2.75, 3.05) is 26.7 Å². The lowest BCUT2D eigenvalue weighted by atomic mass is 9.48. The molecule has 0 aliphatic heterocycles. The van der Waals surface area contributed by atoms with Crippen LogP contribution in [0.25, 0.3) is 6.08 Å². The minimum atomic E-state index is -0.385. The summed E-state index contributed by atoms with van der Waals surface area (Å²) in [5.41, 5.74) is 3.98. The van der Waals surface area contributed by atoms with E-state index in [2.05, 4.69) is 54.1 Å². The van der Waals surface area contributed by atoms with Gasteiger partial charge >= 0.3 is 0 Å². The second kappa shape index (κ2) is 11.2. The molecule has 0 heterocycles. The number of aliphatic hydroxyl groups is 2. The van der Waals surface area contributed by atoms with Gasteiger partial charge in [-0.1, -0.05) is 43.7 Å². The summed E-state index contributed by atoms with van der Waals surface area (Å²) in [5, 5.41) is 21.9. The number of aliphatic hydroxyl groups excluding tert-OH is 2. The molecule has 4 aliphatic rings. The van der Waals surface area contributed by atoms with E-state index in [-0.39, 0.29) is 23.0 Å². The van der Waals surface area contributed by atoms with Gasteiger partial charge < -0.3 is 19.8 Å². The molecule has 2 N–H and O–H groups in total. The maximum atomic E-state index is 11.6. The molecule has 5 rings (SSSR count). The Bertz CT molecular complexity index is 1080. The van der Waals surface area contributed by atoms with Crippen LogP contribution in [0.4, 0.5) is 0 Å². The van der Waals surface area contributed by atoms with Crippen LogP contribution in [0.5, 0.6) is 5.75 Å². The van der Waals surface area contributed by atoms with E-state index in [0.29, 0.717) is 24.4 Å². The van der Waals surface area contributed by atoms with E-state index in [1.165, 1.54) is 17.6 Å². The Balaban J connectivity index is 1.27. The van der Waals surface area contributed by atoms with Crippen LogP contribution in [0.15, 0.2) is 46.5 Å². The van der Waals surface area contributed by atoms with Crippen molar-refractivity contribution in [1.29, 1.82) is 0 Å². The van der Waals surface area contributed by atoms with Crippen LogP contribution in [0.1, 0.15) is 77.7 Å². The highest BCUT2D eigenvalue weighted by Gasteiger charge is 2.59. The van der Waals surface area contributed by atoms with Gasteiger partial charge in [0, 0.05) is 25.6 Å². The predicted molar refractivity (Wildman–Crippen MR) is 155 cm³/mol. The van der Waals surface area contributed by atoms with Crippen LogP contribution in [-0.4, -0.2) is 60.4 Å². The molecule has 0 bridgehead atoms. The number of benzene rings is 1. The average Bonchev–Trinajstić information content (AvgIpc) is 3.16. The highest BCUT2D eigenvalue weighted by molar-refractivity contribution is 5.57. The smallest absolute Gasteiger partial charge is 0.119 e. The van der Waals surface area contributed by atoms with Gasteiger partial charge in [0.1, 0.15) is 5.75 Å². The zero-order valence-electron chi connectivity index (χ0n) is 23.9. The average molecular weight is 521 g/mol. The van der Waals surface area contributed by atoms with Gasteiger partial charge in [-0.05, 0) is 105 Å². The Morgan fingerprint density at radius 1 is 1.13 bits per heavy atom. The van der Waals surface area contributed by atoms with Gasteiger partial charge in [-0.15, -0.1) is 0 Å². The van der Waals surface area contributed by atoms with E-state index >= 15 is 0 Å². The van der Waals surface area contributed by atoms with Crippen molar-refractivity contribution in [3.05, 3.63) is 47.1 Å². The van der Waals surface area contributed by atoms with E-state index in [0.717, 1.165) is 69.3 Å². The van der Waals surface area contributed by atoms with Crippen molar-refractivity contribution in [2.45, 2.75) is 84.3 Å². The highest BCUT2D eigenvalue weighted by atomic mass is 16.5. The molecule has 0 aromatic heterocycles. The fourth-order valence-corrected chi connectivity index (χ4v) is 8.33. The van der Waals surface area contributed by atoms with Gasteiger partial charge in [0.15, 0.2) is 0 Å². The Morgan fingerprint density at radius 2 is 1.97 bits per heavy atom. The van der Waals surface area contributed by atoms with Crippen LogP contribution >= 0.6 is 0 Å². The maximum Gasteiger partial charge on any atom is 0.119 e. The third-order valence-electron chi connectivity index (χ3n) is 10.5. The summed E-state index contributed by atoms with van der Waals surface area (Å²) in [4.78, 5) is 6.37. The molecule has 1 aromatic rings. The minimum absolute atomic E-state index is 0.0515. The number of nitrogens with zero attached hydrogens (tertiary/aromatic N) is 2. The molecule has 208 valence electrons. The number of hydrogen-bond acceptors (Lipinski definition) is 4. The summed E-state index contributed by atoms with van der Waals surface area (Å²) < 4.78 is 6.06. The fraction of sp³-hybridized carbons (Fsp3) is 0.667. The Hall–Kier alpha value is -2.11. The summed E-state index contributed by atoms with van der Waals surface area (Å²) >= 11 is 0. The van der Waals surface area contributed by atoms with E-state index in [9.17, 15) is 10.2 Å². The van der Waals surface area contributed by atoms with Crippen molar-refractivity contribution in [2.24, 2.45) is 33.6 Å². The normalized spacial score (nSPS) is 37.5. The van der Waals surface area contributed by atoms with Crippen LogP contribution < -0.4 is 4.74 Å². The molecule has 38 heavy (non-hydrogen) atoms. The van der Waals surface area contributed by atoms with Crippen LogP contribution in [0.3, 0.4) is 0 Å². The summed E-state index contributed by atoms with van der Waals surface area (Å²) in [6, 6.07) is 8.31. The van der Waals surface area contributed by atoms with Crippen LogP contribution in [0, 0.1) is 28.6 Å². The summed E-state index contributed by atoms with van der Waals surface area (Å²) in [6.07, 6.45) is 14.2. The topological polar surface area (TPSA) is 65.3 Å². The first kappa shape index (κ1) is 27.5. The monoisotopic (exact) mass is 520 g/mol. The fourth-order valence-electron chi connectivity index (χ4n) is 8.33. The standard InChI is InChI=1S/C33H48N2O3/c1-5-34-22-35(4)16-7-17-38-27-9-6-8-23(19-27)18-24-20-30-28-11-10-25-21-26(36)12-14-32(25,2)29(28)13-15-33(30,3)31(24)37/h6,8-10,18-19,22,26,28-31,36-37H,5,7,11-17,20-21H2,1-4H3/b24-18+,34-22?. The first-order valence-electron chi connectivity index (χ1n) is 14.9. The van der Waals surface area contributed by atoms with Gasteiger partial charge in [0.2, 0.25) is 0 Å². The summed E-state index contributed by atoms with van der Waals surface area (Å²) in [6.45, 7) is 9.24. The van der Waals surface area contributed by atoms with Crippen LogP contribution in [-0.2, 0) is 0 Å². The summed E-state index contributed by atoms with van der Waals surface area (Å²) in [7, 11) is 2.04. The zero-order valence-corrected chi connectivity index (χ0v) is 23.9. The van der Waals surface area contributed by atoms with Crippen molar-refractivity contribution < 1.29 is 14.9 Å². The molecular weight excluding hydrogens is 472 g/mol. The van der Waals surface area contributed by atoms with Crippen LogP contribution in [0.2, 0.25) is 0 Å². The molecule has 7 atom stereocenters. The molecule has 7 unspecified atom stereocenters. The lowest BCUT2D eigenvalue weighted by Gasteiger charge is -2.57. The van der Waals surface area contributed by atoms with Crippen molar-refractivity contribution in [1.82, 2.24) is 4.90 Å². The molecule has 4 aliphatic carbocycles. The Morgan fingerprint density at radius 3 is 2.79 bits per heavy atom. The SMILES string of the molecule is CCN=CN(C)CCCOc1cccc(/C=C2\CC3C4CC=C5CC(O)CCC5(C)C4CCC3(C)C2O)c1. The predicted octanol–water partition coefficient (Wildman–Crippen LogP) is 6.11. The molecule has 5 heteroatoms. The van der Waals surface area contributed by atoms with Gasteiger partial charge in [-0.3, -0.25) is 4.99 Å². The van der Waals surface area contributed by atoms with Gasteiger partial charge in [0.25, 0.3) is 0 Å². The van der Waals surface area contributed by atoms with Gasteiger partial charge in [-0.25, -0.2) is 0 Å². The quantitative estimate of drug-likeness (QED) is 0.188. The molecule has 1 aromatic carbocycles. The molecule has 0 spiro atoms. The molecule has 0 saturated heterocycles. The lowest BCUT2D eigenvalue weighted by Crippen LogP contribution is -2.51. The maximum absolute atomic E-state index is 11.6. The van der Waals surface area contributed by atoms with E-state index in [4.69, 9.17) is 4.74 Å². The summed E-state index contributed by atoms with van der Waals surface area (Å²) in [5.74, 6) is 2.69. The van der Waals surface area contributed by atoms with Crippen molar-refractivity contribution in [3.63, 3.8) is 0 Å². The van der Waals surface area contributed by atoms with E-state index in [1.807, 2.05) is 26.4 Å². The lowest BCUT2D eigenvalue weighted by molar-refractivity contribution is -0.0685. The molecule has 0 radical (unpaired) electrons. The number of fused-ring (bicyclic) bond motifs is 5. The Labute approximate surface area is 229 Å². The number of allylic oxidation sites excluding steroid dienone is 1. The van der Waals surface area contributed by atoms with Crippen molar-refractivity contribution >= 4 is 12.4 Å². The Kier molecular flexibility index (Phi) is 8.07. The first-order valence-corrected chi connectivity index (χ1v) is 14.9. The molecule has 5 nitrogen and oxygen atoms in total. The van der Waals surface area contributed by atoms with Crippen molar-refractivity contribution in [3.8, 4) is 5.75 Å².